The molecule has 0 spiro atoms. The first-order valence-corrected chi connectivity index (χ1v) is 7.55. The lowest BCUT2D eigenvalue weighted by molar-refractivity contribution is -0.140. The van der Waals surface area contributed by atoms with Crippen LogP contribution < -0.4 is 10.6 Å². The van der Waals surface area contributed by atoms with Gasteiger partial charge in [0.05, 0.1) is 12.0 Å². The lowest BCUT2D eigenvalue weighted by Gasteiger charge is -2.20. The molecule has 0 aliphatic heterocycles. The van der Waals surface area contributed by atoms with Crippen molar-refractivity contribution in [1.29, 1.82) is 0 Å². The second-order valence-electron chi connectivity index (χ2n) is 5.42. The lowest BCUT2D eigenvalue weighted by atomic mass is 10.1. The molecule has 5 nitrogen and oxygen atoms in total. The van der Waals surface area contributed by atoms with Crippen LogP contribution in [0.1, 0.15) is 52.4 Å². The molecule has 1 rings (SSSR count). The Hall–Kier alpha value is -1.52. The maximum atomic E-state index is 11.9. The summed E-state index contributed by atoms with van der Waals surface area (Å²) >= 11 is 0. The van der Waals surface area contributed by atoms with Gasteiger partial charge in [-0.3, -0.25) is 4.79 Å². The van der Waals surface area contributed by atoms with Crippen LogP contribution in [0, 0.1) is 5.92 Å². The molecule has 1 aliphatic rings. The Morgan fingerprint density at radius 3 is 2.55 bits per heavy atom. The number of amides is 2. The first kappa shape index (κ1) is 16.5. The molecular formula is C15H26N2O3. The summed E-state index contributed by atoms with van der Waals surface area (Å²) < 4.78 is 0. The van der Waals surface area contributed by atoms with Gasteiger partial charge in [0.25, 0.3) is 0 Å². The van der Waals surface area contributed by atoms with Crippen molar-refractivity contribution in [3.8, 4) is 0 Å². The van der Waals surface area contributed by atoms with E-state index in [1.54, 1.807) is 12.2 Å². The average molecular weight is 282 g/mol. The third-order valence-corrected chi connectivity index (χ3v) is 3.60. The Labute approximate surface area is 120 Å². The highest BCUT2D eigenvalue weighted by atomic mass is 16.4. The Morgan fingerprint density at radius 2 is 2.00 bits per heavy atom. The van der Waals surface area contributed by atoms with Gasteiger partial charge in [0.2, 0.25) is 0 Å². The number of unbranched alkanes of at least 4 members (excludes halogenated alkanes) is 1. The van der Waals surface area contributed by atoms with Gasteiger partial charge >= 0.3 is 12.0 Å². The zero-order valence-corrected chi connectivity index (χ0v) is 12.4. The minimum absolute atomic E-state index is 0.176. The van der Waals surface area contributed by atoms with E-state index < -0.39 is 11.9 Å². The van der Waals surface area contributed by atoms with Crippen molar-refractivity contribution in [2.24, 2.45) is 5.92 Å². The summed E-state index contributed by atoms with van der Waals surface area (Å²) in [5.74, 6) is -1.32. The SMILES string of the molecule is CCCCC(CCC)NC(=O)NC1C=CC(C(=O)O)C1. The summed E-state index contributed by atoms with van der Waals surface area (Å²) in [4.78, 5) is 22.8. The molecular weight excluding hydrogens is 256 g/mol. The fourth-order valence-corrected chi connectivity index (χ4v) is 2.47. The molecule has 0 bridgehead atoms. The maximum Gasteiger partial charge on any atom is 0.315 e. The number of carbonyl (C=O) groups is 2. The standard InChI is InChI=1S/C15H26N2O3/c1-3-5-7-12(6-4-2)16-15(20)17-13-9-8-11(10-13)14(18)19/h8-9,11-13H,3-7,10H2,1-2H3,(H,18,19)(H2,16,17,20). The highest BCUT2D eigenvalue weighted by molar-refractivity contribution is 5.76. The molecule has 3 N–H and O–H groups in total. The monoisotopic (exact) mass is 282 g/mol. The molecule has 114 valence electrons. The van der Waals surface area contributed by atoms with Gasteiger partial charge in [-0.2, -0.15) is 0 Å². The minimum atomic E-state index is -0.835. The largest absolute Gasteiger partial charge is 0.481 e. The van der Waals surface area contributed by atoms with Crippen molar-refractivity contribution in [3.05, 3.63) is 12.2 Å². The zero-order chi connectivity index (χ0) is 15.0. The first-order chi connectivity index (χ1) is 9.56. The molecule has 0 heterocycles. The predicted octanol–water partition coefficient (Wildman–Crippen LogP) is 2.67. The first-order valence-electron chi connectivity index (χ1n) is 7.55. The van der Waals surface area contributed by atoms with Gasteiger partial charge < -0.3 is 15.7 Å². The van der Waals surface area contributed by atoms with Crippen LogP contribution in [-0.4, -0.2) is 29.2 Å². The second-order valence-corrected chi connectivity index (χ2v) is 5.42. The van der Waals surface area contributed by atoms with Gasteiger partial charge in [0.15, 0.2) is 0 Å². The second kappa shape index (κ2) is 8.61. The van der Waals surface area contributed by atoms with Gasteiger partial charge in [-0.1, -0.05) is 45.3 Å². The molecule has 20 heavy (non-hydrogen) atoms. The smallest absolute Gasteiger partial charge is 0.315 e. The Kier molecular flexibility index (Phi) is 7.12. The molecule has 3 unspecified atom stereocenters. The van der Waals surface area contributed by atoms with E-state index in [4.69, 9.17) is 5.11 Å². The molecule has 5 heteroatoms. The van der Waals surface area contributed by atoms with Crippen LogP contribution in [0.15, 0.2) is 12.2 Å². The van der Waals surface area contributed by atoms with Crippen LogP contribution >= 0.6 is 0 Å². The average Bonchev–Trinajstić information content (AvgIpc) is 2.84. The van der Waals surface area contributed by atoms with E-state index in [1.165, 1.54) is 0 Å². The Balaban J connectivity index is 2.35. The van der Waals surface area contributed by atoms with E-state index in [-0.39, 0.29) is 18.1 Å². The molecule has 0 aromatic rings. The number of urea groups is 1. The van der Waals surface area contributed by atoms with Crippen LogP contribution in [0.4, 0.5) is 4.79 Å². The minimum Gasteiger partial charge on any atom is -0.481 e. The highest BCUT2D eigenvalue weighted by Crippen LogP contribution is 2.17. The van der Waals surface area contributed by atoms with E-state index in [0.29, 0.717) is 6.42 Å². The summed E-state index contributed by atoms with van der Waals surface area (Å²) in [6.07, 6.45) is 9.09. The zero-order valence-electron chi connectivity index (χ0n) is 12.4. The van der Waals surface area contributed by atoms with Gasteiger partial charge in [-0.15, -0.1) is 0 Å². The van der Waals surface area contributed by atoms with Crippen molar-refractivity contribution in [2.75, 3.05) is 0 Å². The van der Waals surface area contributed by atoms with E-state index in [1.807, 2.05) is 0 Å². The molecule has 0 saturated carbocycles. The van der Waals surface area contributed by atoms with E-state index in [0.717, 1.165) is 32.1 Å². The number of carboxylic acids is 1. The van der Waals surface area contributed by atoms with Crippen molar-refractivity contribution < 1.29 is 14.7 Å². The lowest BCUT2D eigenvalue weighted by Crippen LogP contribution is -2.45. The summed E-state index contributed by atoms with van der Waals surface area (Å²) in [7, 11) is 0. The van der Waals surface area contributed by atoms with Crippen molar-refractivity contribution in [2.45, 2.75) is 64.5 Å². The number of nitrogens with one attached hydrogen (secondary N) is 2. The van der Waals surface area contributed by atoms with Crippen LogP contribution in [-0.2, 0) is 4.79 Å². The maximum absolute atomic E-state index is 11.9. The summed E-state index contributed by atoms with van der Waals surface area (Å²) in [6.45, 7) is 4.24. The molecule has 3 atom stereocenters. The van der Waals surface area contributed by atoms with E-state index in [9.17, 15) is 9.59 Å². The number of hydrogen-bond acceptors (Lipinski definition) is 2. The van der Waals surface area contributed by atoms with Crippen LogP contribution in [0.25, 0.3) is 0 Å². The number of aliphatic carboxylic acids is 1. The molecule has 0 saturated heterocycles. The Morgan fingerprint density at radius 1 is 1.25 bits per heavy atom. The highest BCUT2D eigenvalue weighted by Gasteiger charge is 2.25. The Bertz CT molecular complexity index is 355. The molecule has 2 amide bonds. The molecule has 0 fully saturated rings. The van der Waals surface area contributed by atoms with E-state index >= 15 is 0 Å². The summed E-state index contributed by atoms with van der Waals surface area (Å²) in [6, 6.07) is -0.162. The fraction of sp³-hybridized carbons (Fsp3) is 0.733. The molecule has 0 aromatic carbocycles. The van der Waals surface area contributed by atoms with Crippen molar-refractivity contribution >= 4 is 12.0 Å². The fourth-order valence-electron chi connectivity index (χ4n) is 2.47. The van der Waals surface area contributed by atoms with Gasteiger partial charge in [0, 0.05) is 6.04 Å². The third kappa shape index (κ3) is 5.63. The quantitative estimate of drug-likeness (QED) is 0.599. The van der Waals surface area contributed by atoms with E-state index in [2.05, 4.69) is 24.5 Å². The number of carbonyl (C=O) groups excluding carboxylic acids is 1. The molecule has 0 aromatic heterocycles. The van der Waals surface area contributed by atoms with Crippen molar-refractivity contribution in [1.82, 2.24) is 10.6 Å². The number of carboxylic acid groups (broad SMARTS) is 1. The third-order valence-electron chi connectivity index (χ3n) is 3.60. The van der Waals surface area contributed by atoms with Crippen molar-refractivity contribution in [3.63, 3.8) is 0 Å². The predicted molar refractivity (Wildman–Crippen MR) is 78.6 cm³/mol. The van der Waals surface area contributed by atoms with Gasteiger partial charge in [-0.05, 0) is 19.3 Å². The van der Waals surface area contributed by atoms with Gasteiger partial charge in [0.1, 0.15) is 0 Å². The summed E-state index contributed by atoms with van der Waals surface area (Å²) in [5.41, 5.74) is 0. The topological polar surface area (TPSA) is 78.4 Å². The van der Waals surface area contributed by atoms with Crippen LogP contribution in [0.3, 0.4) is 0 Å². The molecule has 0 radical (unpaired) electrons. The van der Waals surface area contributed by atoms with Crippen LogP contribution in [0.2, 0.25) is 0 Å². The summed E-state index contributed by atoms with van der Waals surface area (Å²) in [5, 5.41) is 14.7. The van der Waals surface area contributed by atoms with Gasteiger partial charge in [-0.25, -0.2) is 4.79 Å². The normalized spacial score (nSPS) is 22.5. The molecule has 1 aliphatic carbocycles. The number of hydrogen-bond donors (Lipinski definition) is 3. The number of rotatable bonds is 8. The van der Waals surface area contributed by atoms with Crippen LogP contribution in [0.5, 0.6) is 0 Å².